The van der Waals surface area contributed by atoms with Gasteiger partial charge in [0.15, 0.2) is 0 Å². The van der Waals surface area contributed by atoms with E-state index in [4.69, 9.17) is 10.6 Å². The zero-order valence-corrected chi connectivity index (χ0v) is 11.4. The number of hydrazine groups is 1. The van der Waals surface area contributed by atoms with Crippen molar-refractivity contribution < 1.29 is 9.53 Å². The summed E-state index contributed by atoms with van der Waals surface area (Å²) in [6.45, 7) is 2.52. The fourth-order valence-corrected chi connectivity index (χ4v) is 1.91. The van der Waals surface area contributed by atoms with E-state index in [9.17, 15) is 4.79 Å². The predicted octanol–water partition coefficient (Wildman–Crippen LogP) is 2.43. The highest BCUT2D eigenvalue weighted by molar-refractivity contribution is 5.93. The lowest BCUT2D eigenvalue weighted by molar-refractivity contribution is 0.0953. The number of ether oxygens (including phenoxy) is 1. The van der Waals surface area contributed by atoms with Crippen LogP contribution in [0.4, 0.5) is 0 Å². The number of hydrogen-bond donors (Lipinski definition) is 2. The molecule has 0 aliphatic carbocycles. The average Bonchev–Trinajstić information content (AvgIpc) is 2.52. The molecule has 0 unspecified atom stereocenters. The second-order valence-corrected chi connectivity index (χ2v) is 4.46. The number of rotatable bonds is 5. The van der Waals surface area contributed by atoms with Crippen LogP contribution in [0.5, 0.6) is 5.75 Å². The Morgan fingerprint density at radius 3 is 2.65 bits per heavy atom. The van der Waals surface area contributed by atoms with Crippen LogP contribution in [0.25, 0.3) is 0 Å². The average molecular weight is 270 g/mol. The molecule has 1 amide bonds. The summed E-state index contributed by atoms with van der Waals surface area (Å²) in [5, 5.41) is 0. The normalized spacial score (nSPS) is 10.1. The van der Waals surface area contributed by atoms with Gasteiger partial charge in [-0.2, -0.15) is 0 Å². The van der Waals surface area contributed by atoms with Gasteiger partial charge in [-0.3, -0.25) is 10.2 Å². The van der Waals surface area contributed by atoms with Crippen LogP contribution in [0.1, 0.15) is 28.4 Å². The van der Waals surface area contributed by atoms with Crippen LogP contribution in [0.2, 0.25) is 0 Å². The van der Waals surface area contributed by atoms with Crippen molar-refractivity contribution in [2.45, 2.75) is 20.0 Å². The molecule has 2 aromatic rings. The number of carbonyl (C=O) groups is 1. The molecule has 0 saturated heterocycles. The Morgan fingerprint density at radius 2 is 1.90 bits per heavy atom. The number of benzene rings is 2. The summed E-state index contributed by atoms with van der Waals surface area (Å²) in [5.74, 6) is 5.65. The fourth-order valence-electron chi connectivity index (χ4n) is 1.91. The minimum absolute atomic E-state index is 0.306. The highest BCUT2D eigenvalue weighted by atomic mass is 16.5. The zero-order valence-electron chi connectivity index (χ0n) is 11.4. The summed E-state index contributed by atoms with van der Waals surface area (Å²) < 4.78 is 5.74. The highest BCUT2D eigenvalue weighted by Gasteiger charge is 2.04. The molecule has 4 nitrogen and oxygen atoms in total. The number of nitrogens with two attached hydrogens (primary N) is 1. The van der Waals surface area contributed by atoms with E-state index in [0.29, 0.717) is 12.2 Å². The molecule has 0 fully saturated rings. The topological polar surface area (TPSA) is 64.3 Å². The van der Waals surface area contributed by atoms with Gasteiger partial charge >= 0.3 is 0 Å². The maximum absolute atomic E-state index is 11.4. The van der Waals surface area contributed by atoms with Gasteiger partial charge in [0, 0.05) is 5.56 Å². The van der Waals surface area contributed by atoms with Crippen molar-refractivity contribution in [1.29, 1.82) is 0 Å². The molecule has 4 heteroatoms. The molecule has 0 aliphatic rings. The van der Waals surface area contributed by atoms with Crippen molar-refractivity contribution in [2.75, 3.05) is 0 Å². The van der Waals surface area contributed by atoms with Crippen LogP contribution < -0.4 is 16.0 Å². The molecule has 0 aromatic heterocycles. The first-order chi connectivity index (χ1) is 9.72. The summed E-state index contributed by atoms with van der Waals surface area (Å²) in [6, 6.07) is 15.2. The summed E-state index contributed by atoms with van der Waals surface area (Å²) in [7, 11) is 0. The lowest BCUT2D eigenvalue weighted by atomic mass is 10.1. The van der Waals surface area contributed by atoms with E-state index < -0.39 is 0 Å². The molecule has 0 heterocycles. The molecule has 0 spiro atoms. The number of hydrogen-bond acceptors (Lipinski definition) is 3. The molecule has 104 valence electrons. The quantitative estimate of drug-likeness (QED) is 0.498. The van der Waals surface area contributed by atoms with Crippen LogP contribution >= 0.6 is 0 Å². The minimum Gasteiger partial charge on any atom is -0.489 e. The highest BCUT2D eigenvalue weighted by Crippen LogP contribution is 2.16. The molecule has 0 saturated carbocycles. The third-order valence-corrected chi connectivity index (χ3v) is 3.03. The van der Waals surface area contributed by atoms with Gasteiger partial charge in [0.25, 0.3) is 5.91 Å². The van der Waals surface area contributed by atoms with Crippen LogP contribution in [0.15, 0.2) is 48.5 Å². The largest absolute Gasteiger partial charge is 0.489 e. The molecule has 2 aromatic carbocycles. The van der Waals surface area contributed by atoms with E-state index in [2.05, 4.69) is 18.4 Å². The van der Waals surface area contributed by atoms with E-state index in [0.717, 1.165) is 17.7 Å². The number of carbonyl (C=O) groups excluding carboxylic acids is 1. The van der Waals surface area contributed by atoms with E-state index in [1.807, 2.05) is 30.3 Å². The number of aryl methyl sites for hydroxylation is 1. The van der Waals surface area contributed by atoms with Gasteiger partial charge in [-0.15, -0.1) is 0 Å². The van der Waals surface area contributed by atoms with Crippen molar-refractivity contribution in [2.24, 2.45) is 5.84 Å². The lowest BCUT2D eigenvalue weighted by Crippen LogP contribution is -2.30. The van der Waals surface area contributed by atoms with E-state index >= 15 is 0 Å². The van der Waals surface area contributed by atoms with Gasteiger partial charge in [0.2, 0.25) is 0 Å². The number of nitrogens with one attached hydrogen (secondary N) is 1. The monoisotopic (exact) mass is 270 g/mol. The maximum Gasteiger partial charge on any atom is 0.265 e. The molecule has 3 N–H and O–H groups in total. The predicted molar refractivity (Wildman–Crippen MR) is 78.2 cm³/mol. The van der Waals surface area contributed by atoms with Crippen LogP contribution in [-0.2, 0) is 13.0 Å². The molecule has 0 atom stereocenters. The van der Waals surface area contributed by atoms with Crippen LogP contribution in [-0.4, -0.2) is 5.91 Å². The van der Waals surface area contributed by atoms with Gasteiger partial charge in [0.05, 0.1) is 0 Å². The van der Waals surface area contributed by atoms with Crippen molar-refractivity contribution >= 4 is 5.91 Å². The Labute approximate surface area is 118 Å². The Kier molecular flexibility index (Phi) is 4.74. The third kappa shape index (κ3) is 3.59. The summed E-state index contributed by atoms with van der Waals surface area (Å²) in [6.07, 6.45) is 0.976. The third-order valence-electron chi connectivity index (χ3n) is 3.03. The van der Waals surface area contributed by atoms with Crippen molar-refractivity contribution in [3.63, 3.8) is 0 Å². The smallest absolute Gasteiger partial charge is 0.265 e. The van der Waals surface area contributed by atoms with Crippen molar-refractivity contribution in [3.8, 4) is 5.75 Å². The van der Waals surface area contributed by atoms with E-state index in [-0.39, 0.29) is 5.91 Å². The summed E-state index contributed by atoms with van der Waals surface area (Å²) in [4.78, 5) is 11.4. The summed E-state index contributed by atoms with van der Waals surface area (Å²) in [5.41, 5.74) is 4.80. The minimum atomic E-state index is -0.306. The second-order valence-electron chi connectivity index (χ2n) is 4.46. The first-order valence-electron chi connectivity index (χ1n) is 6.54. The Bertz CT molecular complexity index is 597. The Hall–Kier alpha value is -2.33. The SMILES string of the molecule is CCc1cccc(OCc2cccc(C(=O)NN)c2)c1. The number of nitrogen functional groups attached to an aromatic ring is 1. The summed E-state index contributed by atoms with van der Waals surface area (Å²) >= 11 is 0. The van der Waals surface area contributed by atoms with Gasteiger partial charge in [0.1, 0.15) is 12.4 Å². The molecule has 20 heavy (non-hydrogen) atoms. The van der Waals surface area contributed by atoms with Crippen molar-refractivity contribution in [1.82, 2.24) is 5.43 Å². The maximum atomic E-state index is 11.4. The molecule has 2 rings (SSSR count). The lowest BCUT2D eigenvalue weighted by Gasteiger charge is -2.08. The Balaban J connectivity index is 2.05. The second kappa shape index (κ2) is 6.73. The first kappa shape index (κ1) is 14.1. The fraction of sp³-hybridized carbons (Fsp3) is 0.188. The Morgan fingerprint density at radius 1 is 1.15 bits per heavy atom. The van der Waals surface area contributed by atoms with Gasteiger partial charge < -0.3 is 4.74 Å². The molecular formula is C16H18N2O2. The van der Waals surface area contributed by atoms with Gasteiger partial charge in [-0.05, 0) is 41.8 Å². The zero-order chi connectivity index (χ0) is 14.4. The van der Waals surface area contributed by atoms with E-state index in [1.54, 1.807) is 12.1 Å². The molecule has 0 radical (unpaired) electrons. The van der Waals surface area contributed by atoms with Crippen LogP contribution in [0.3, 0.4) is 0 Å². The van der Waals surface area contributed by atoms with Crippen LogP contribution in [0, 0.1) is 0 Å². The van der Waals surface area contributed by atoms with Gasteiger partial charge in [-0.25, -0.2) is 5.84 Å². The van der Waals surface area contributed by atoms with E-state index in [1.165, 1.54) is 5.56 Å². The molecule has 0 aliphatic heterocycles. The van der Waals surface area contributed by atoms with Gasteiger partial charge in [-0.1, -0.05) is 31.2 Å². The first-order valence-corrected chi connectivity index (χ1v) is 6.54. The number of amides is 1. The molecule has 0 bridgehead atoms. The standard InChI is InChI=1S/C16H18N2O2/c1-2-12-5-4-8-15(10-12)20-11-13-6-3-7-14(9-13)16(19)18-17/h3-10H,2,11,17H2,1H3,(H,18,19). The molecular weight excluding hydrogens is 252 g/mol. The van der Waals surface area contributed by atoms with Crippen molar-refractivity contribution in [3.05, 3.63) is 65.2 Å².